The molecule has 6 nitrogen and oxygen atoms in total. The van der Waals surface area contributed by atoms with Crippen LogP contribution in [0.25, 0.3) is 0 Å². The van der Waals surface area contributed by atoms with Crippen molar-refractivity contribution >= 4 is 17.8 Å². The number of amides is 2. The number of benzene rings is 1. The number of carbonyl (C=O) groups excluding carboxylic acids is 2. The first-order valence-corrected chi connectivity index (χ1v) is 8.32. The zero-order valence-electron chi connectivity index (χ0n) is 13.9. The summed E-state index contributed by atoms with van der Waals surface area (Å²) in [6.07, 6.45) is 2.53. The van der Waals surface area contributed by atoms with Crippen LogP contribution in [0.5, 0.6) is 0 Å². The molecule has 1 saturated carbocycles. The molecule has 24 heavy (non-hydrogen) atoms. The molecule has 1 aromatic carbocycles. The number of rotatable bonds is 6. The minimum absolute atomic E-state index is 0.120. The molecule has 130 valence electrons. The molecule has 1 aliphatic carbocycles. The van der Waals surface area contributed by atoms with E-state index in [4.69, 9.17) is 5.11 Å². The van der Waals surface area contributed by atoms with E-state index < -0.39 is 11.9 Å². The first kappa shape index (κ1) is 18.0. The Hall–Kier alpha value is -2.37. The van der Waals surface area contributed by atoms with E-state index in [9.17, 15) is 14.4 Å². The topological polar surface area (TPSA) is 95.5 Å². The lowest BCUT2D eigenvalue weighted by atomic mass is 9.81. The highest BCUT2D eigenvalue weighted by atomic mass is 16.4. The molecule has 0 spiro atoms. The molecular formula is C18H24N2O4. The molecule has 0 heterocycles. The van der Waals surface area contributed by atoms with Crippen molar-refractivity contribution in [2.45, 2.75) is 32.6 Å². The van der Waals surface area contributed by atoms with Gasteiger partial charge in [-0.2, -0.15) is 0 Å². The summed E-state index contributed by atoms with van der Waals surface area (Å²) in [6.45, 7) is 2.60. The van der Waals surface area contributed by atoms with Crippen LogP contribution in [0.3, 0.4) is 0 Å². The highest BCUT2D eigenvalue weighted by Gasteiger charge is 2.30. The number of carboxylic acid groups (broad SMARTS) is 1. The van der Waals surface area contributed by atoms with Crippen molar-refractivity contribution in [2.75, 3.05) is 13.1 Å². The average molecular weight is 332 g/mol. The second-order valence-electron chi connectivity index (χ2n) is 6.32. The molecular weight excluding hydrogens is 308 g/mol. The molecule has 3 N–H and O–H groups in total. The molecule has 2 unspecified atom stereocenters. The van der Waals surface area contributed by atoms with Gasteiger partial charge in [-0.15, -0.1) is 0 Å². The quantitative estimate of drug-likeness (QED) is 0.691. The fourth-order valence-electron chi connectivity index (χ4n) is 3.05. The van der Waals surface area contributed by atoms with Crippen LogP contribution in [-0.4, -0.2) is 36.0 Å². The van der Waals surface area contributed by atoms with Gasteiger partial charge in [-0.25, -0.2) is 0 Å². The van der Waals surface area contributed by atoms with E-state index >= 15 is 0 Å². The van der Waals surface area contributed by atoms with Crippen molar-refractivity contribution in [2.24, 2.45) is 11.8 Å². The van der Waals surface area contributed by atoms with E-state index in [0.29, 0.717) is 31.5 Å². The summed E-state index contributed by atoms with van der Waals surface area (Å²) in [5, 5.41) is 14.6. The standard InChI is InChI=1S/C18H24N2O4/c1-12-4-2-5-13(10-12)16(21)19-8-9-20-17(22)14-6-3-7-15(11-14)18(23)24/h2,4-5,10,14-15H,3,6-9,11H2,1H3,(H,19,21)(H,20,22)(H,23,24). The second-order valence-corrected chi connectivity index (χ2v) is 6.32. The maximum atomic E-state index is 12.1. The van der Waals surface area contributed by atoms with Gasteiger partial charge in [0.25, 0.3) is 5.91 Å². The molecule has 2 amide bonds. The summed E-state index contributed by atoms with van der Waals surface area (Å²) < 4.78 is 0. The van der Waals surface area contributed by atoms with Gasteiger partial charge in [0.15, 0.2) is 0 Å². The predicted molar refractivity (Wildman–Crippen MR) is 89.6 cm³/mol. The molecule has 0 bridgehead atoms. The van der Waals surface area contributed by atoms with Crippen molar-refractivity contribution in [1.82, 2.24) is 10.6 Å². The number of aryl methyl sites for hydroxylation is 1. The number of aliphatic carboxylic acids is 1. The van der Waals surface area contributed by atoms with Crippen molar-refractivity contribution in [3.05, 3.63) is 35.4 Å². The van der Waals surface area contributed by atoms with Gasteiger partial charge in [-0.05, 0) is 38.3 Å². The molecule has 0 saturated heterocycles. The summed E-state index contributed by atoms with van der Waals surface area (Å²) in [5.41, 5.74) is 1.61. The SMILES string of the molecule is Cc1cccc(C(=O)NCCNC(=O)C2CCCC(C(=O)O)C2)c1. The second kappa shape index (κ2) is 8.47. The third-order valence-electron chi connectivity index (χ3n) is 4.38. The molecule has 0 aromatic heterocycles. The fraction of sp³-hybridized carbons (Fsp3) is 0.500. The van der Waals surface area contributed by atoms with Gasteiger partial charge in [0.1, 0.15) is 0 Å². The predicted octanol–water partition coefficient (Wildman–Crippen LogP) is 1.73. The lowest BCUT2D eigenvalue weighted by molar-refractivity contribution is -0.144. The normalized spacial score (nSPS) is 20.2. The van der Waals surface area contributed by atoms with E-state index in [0.717, 1.165) is 18.4 Å². The molecule has 1 aliphatic rings. The van der Waals surface area contributed by atoms with Crippen molar-refractivity contribution < 1.29 is 19.5 Å². The number of nitrogens with one attached hydrogen (secondary N) is 2. The Kier molecular flexibility index (Phi) is 6.35. The summed E-state index contributed by atoms with van der Waals surface area (Å²) >= 11 is 0. The molecule has 1 fully saturated rings. The van der Waals surface area contributed by atoms with Crippen LogP contribution in [0.2, 0.25) is 0 Å². The summed E-state index contributed by atoms with van der Waals surface area (Å²) in [6, 6.07) is 7.30. The Morgan fingerprint density at radius 2 is 1.83 bits per heavy atom. The largest absolute Gasteiger partial charge is 0.481 e. The van der Waals surface area contributed by atoms with E-state index in [1.54, 1.807) is 6.07 Å². The van der Waals surface area contributed by atoms with Crippen molar-refractivity contribution in [1.29, 1.82) is 0 Å². The van der Waals surface area contributed by atoms with Gasteiger partial charge in [-0.3, -0.25) is 14.4 Å². The molecule has 0 radical (unpaired) electrons. The summed E-state index contributed by atoms with van der Waals surface area (Å²) in [7, 11) is 0. The van der Waals surface area contributed by atoms with Gasteiger partial charge >= 0.3 is 5.97 Å². The average Bonchev–Trinajstić information content (AvgIpc) is 2.58. The Labute approximate surface area is 141 Å². The Bertz CT molecular complexity index is 615. The van der Waals surface area contributed by atoms with E-state index in [1.807, 2.05) is 25.1 Å². The molecule has 0 aliphatic heterocycles. The summed E-state index contributed by atoms with van der Waals surface area (Å²) in [5.74, 6) is -1.77. The zero-order valence-corrected chi connectivity index (χ0v) is 13.9. The minimum Gasteiger partial charge on any atom is -0.481 e. The van der Waals surface area contributed by atoms with E-state index in [-0.39, 0.29) is 17.7 Å². The van der Waals surface area contributed by atoms with Gasteiger partial charge < -0.3 is 15.7 Å². The van der Waals surface area contributed by atoms with Gasteiger partial charge in [0.05, 0.1) is 5.92 Å². The number of hydrogen-bond donors (Lipinski definition) is 3. The van der Waals surface area contributed by atoms with Crippen LogP contribution in [0.1, 0.15) is 41.6 Å². The van der Waals surface area contributed by atoms with Gasteiger partial charge in [0.2, 0.25) is 5.91 Å². The highest BCUT2D eigenvalue weighted by molar-refractivity contribution is 5.94. The lowest BCUT2D eigenvalue weighted by Crippen LogP contribution is -2.39. The summed E-state index contributed by atoms with van der Waals surface area (Å²) in [4.78, 5) is 35.1. The third kappa shape index (κ3) is 5.08. The van der Waals surface area contributed by atoms with Crippen LogP contribution >= 0.6 is 0 Å². The first-order chi connectivity index (χ1) is 11.5. The molecule has 6 heteroatoms. The highest BCUT2D eigenvalue weighted by Crippen LogP contribution is 2.29. The smallest absolute Gasteiger partial charge is 0.306 e. The lowest BCUT2D eigenvalue weighted by Gasteiger charge is -2.25. The maximum absolute atomic E-state index is 12.1. The monoisotopic (exact) mass is 332 g/mol. The number of carbonyl (C=O) groups is 3. The van der Waals surface area contributed by atoms with Gasteiger partial charge in [0, 0.05) is 24.6 Å². The Morgan fingerprint density at radius 1 is 1.12 bits per heavy atom. The van der Waals surface area contributed by atoms with Gasteiger partial charge in [-0.1, -0.05) is 24.1 Å². The number of hydrogen-bond acceptors (Lipinski definition) is 3. The van der Waals surface area contributed by atoms with Crippen LogP contribution in [0.15, 0.2) is 24.3 Å². The maximum Gasteiger partial charge on any atom is 0.306 e. The van der Waals surface area contributed by atoms with Crippen LogP contribution in [0.4, 0.5) is 0 Å². The van der Waals surface area contributed by atoms with Crippen LogP contribution in [0, 0.1) is 18.8 Å². The Morgan fingerprint density at radius 3 is 2.54 bits per heavy atom. The fourth-order valence-corrected chi connectivity index (χ4v) is 3.05. The molecule has 1 aromatic rings. The Balaban J connectivity index is 1.71. The van der Waals surface area contributed by atoms with Crippen LogP contribution in [-0.2, 0) is 9.59 Å². The minimum atomic E-state index is -0.821. The van der Waals surface area contributed by atoms with Crippen molar-refractivity contribution in [3.63, 3.8) is 0 Å². The van der Waals surface area contributed by atoms with Crippen molar-refractivity contribution in [3.8, 4) is 0 Å². The van der Waals surface area contributed by atoms with Crippen LogP contribution < -0.4 is 10.6 Å². The first-order valence-electron chi connectivity index (χ1n) is 8.32. The van der Waals surface area contributed by atoms with E-state index in [2.05, 4.69) is 10.6 Å². The zero-order chi connectivity index (χ0) is 17.5. The molecule has 2 rings (SSSR count). The third-order valence-corrected chi connectivity index (χ3v) is 4.38. The molecule has 2 atom stereocenters. The van der Waals surface area contributed by atoms with E-state index in [1.165, 1.54) is 0 Å². The number of carboxylic acids is 1.